The minimum Gasteiger partial charge on any atom is -0.343 e. The molecule has 1 heterocycles. The Hall–Kier alpha value is -1.55. The van der Waals surface area contributed by atoms with Crippen molar-refractivity contribution in [1.82, 2.24) is 10.2 Å². The number of amides is 2. The molecule has 0 bridgehead atoms. The minimum absolute atomic E-state index is 0.00888. The molecule has 1 fully saturated rings. The summed E-state index contributed by atoms with van der Waals surface area (Å²) in [7, 11) is 0. The molecule has 4 nitrogen and oxygen atoms in total. The van der Waals surface area contributed by atoms with E-state index in [4.69, 9.17) is 11.6 Å². The fourth-order valence-corrected chi connectivity index (χ4v) is 2.61. The number of halogens is 1. The van der Waals surface area contributed by atoms with Gasteiger partial charge in [-0.25, -0.2) is 0 Å². The summed E-state index contributed by atoms with van der Waals surface area (Å²) in [6, 6.07) is 6.77. The molecule has 1 aromatic carbocycles. The molecular weight excluding hydrogens is 276 g/mol. The van der Waals surface area contributed by atoms with E-state index in [0.717, 1.165) is 12.0 Å². The fraction of sp³-hybridized carbons (Fsp3) is 0.467. The van der Waals surface area contributed by atoms with Gasteiger partial charge in [0.2, 0.25) is 11.8 Å². The van der Waals surface area contributed by atoms with E-state index in [9.17, 15) is 9.59 Å². The summed E-state index contributed by atoms with van der Waals surface area (Å²) >= 11 is 5.85. The summed E-state index contributed by atoms with van der Waals surface area (Å²) in [6.45, 7) is 4.20. The van der Waals surface area contributed by atoms with Crippen molar-refractivity contribution in [1.29, 1.82) is 0 Å². The standard InChI is InChI=1S/C15H19ClN2O2/c1-3-13-14(19)17-10(2)15(20)18(13)9-8-11-4-6-12(16)7-5-11/h4-7,10,13H,3,8-9H2,1-2H3,(H,17,19). The maximum absolute atomic E-state index is 12.2. The SMILES string of the molecule is CCC1C(=O)NC(C)C(=O)N1CCc1ccc(Cl)cc1. The van der Waals surface area contributed by atoms with E-state index in [1.165, 1.54) is 0 Å². The number of nitrogens with zero attached hydrogens (tertiary/aromatic N) is 1. The van der Waals surface area contributed by atoms with Crippen molar-refractivity contribution < 1.29 is 9.59 Å². The number of hydrogen-bond donors (Lipinski definition) is 1. The van der Waals surface area contributed by atoms with Gasteiger partial charge in [0.15, 0.2) is 0 Å². The third-order valence-electron chi connectivity index (χ3n) is 3.63. The van der Waals surface area contributed by atoms with Crippen LogP contribution in [0.1, 0.15) is 25.8 Å². The van der Waals surface area contributed by atoms with E-state index < -0.39 is 6.04 Å². The van der Waals surface area contributed by atoms with E-state index in [0.29, 0.717) is 18.0 Å². The third kappa shape index (κ3) is 3.12. The molecule has 1 aliphatic heterocycles. The Kier molecular flexibility index (Phi) is 4.65. The molecule has 1 N–H and O–H groups in total. The Bertz CT molecular complexity index is 501. The zero-order valence-electron chi connectivity index (χ0n) is 11.7. The molecule has 5 heteroatoms. The number of carbonyl (C=O) groups is 2. The largest absolute Gasteiger partial charge is 0.343 e. The molecule has 1 aliphatic rings. The van der Waals surface area contributed by atoms with E-state index in [1.807, 2.05) is 31.2 Å². The van der Waals surface area contributed by atoms with Crippen LogP contribution in [0.25, 0.3) is 0 Å². The van der Waals surface area contributed by atoms with Crippen molar-refractivity contribution in [3.8, 4) is 0 Å². The van der Waals surface area contributed by atoms with E-state index >= 15 is 0 Å². The summed E-state index contributed by atoms with van der Waals surface area (Å²) in [5.74, 6) is -0.0684. The third-order valence-corrected chi connectivity index (χ3v) is 3.88. The lowest BCUT2D eigenvalue weighted by Crippen LogP contribution is -2.62. The van der Waals surface area contributed by atoms with Crippen molar-refractivity contribution in [2.24, 2.45) is 0 Å². The smallest absolute Gasteiger partial charge is 0.245 e. The van der Waals surface area contributed by atoms with E-state index in [2.05, 4.69) is 5.32 Å². The van der Waals surface area contributed by atoms with E-state index in [-0.39, 0.29) is 17.9 Å². The van der Waals surface area contributed by atoms with Gasteiger partial charge in [-0.2, -0.15) is 0 Å². The second-order valence-corrected chi connectivity index (χ2v) is 5.50. The molecule has 0 saturated carbocycles. The van der Waals surface area contributed by atoms with Gasteiger partial charge < -0.3 is 10.2 Å². The minimum atomic E-state index is -0.435. The quantitative estimate of drug-likeness (QED) is 0.923. The van der Waals surface area contributed by atoms with Gasteiger partial charge in [0.25, 0.3) is 0 Å². The number of rotatable bonds is 4. The molecule has 0 aromatic heterocycles. The predicted octanol–water partition coefficient (Wildman–Crippen LogP) is 2.01. The summed E-state index contributed by atoms with van der Waals surface area (Å²) < 4.78 is 0. The first-order valence-electron chi connectivity index (χ1n) is 6.88. The van der Waals surface area contributed by atoms with Crippen LogP contribution in [0.5, 0.6) is 0 Å². The lowest BCUT2D eigenvalue weighted by molar-refractivity contribution is -0.148. The Morgan fingerprint density at radius 1 is 1.25 bits per heavy atom. The highest BCUT2D eigenvalue weighted by Crippen LogP contribution is 2.15. The number of hydrogen-bond acceptors (Lipinski definition) is 2. The first-order chi connectivity index (χ1) is 9.52. The van der Waals surface area contributed by atoms with Crippen LogP contribution in [0.2, 0.25) is 5.02 Å². The molecule has 2 rings (SSSR count). The van der Waals surface area contributed by atoms with Gasteiger partial charge in [0.1, 0.15) is 12.1 Å². The monoisotopic (exact) mass is 294 g/mol. The van der Waals surface area contributed by atoms with Gasteiger partial charge in [-0.15, -0.1) is 0 Å². The van der Waals surface area contributed by atoms with Crippen molar-refractivity contribution >= 4 is 23.4 Å². The molecule has 1 saturated heterocycles. The van der Waals surface area contributed by atoms with Crippen LogP contribution in [0.3, 0.4) is 0 Å². The predicted molar refractivity (Wildman–Crippen MR) is 78.6 cm³/mol. The number of carbonyl (C=O) groups excluding carboxylic acids is 2. The molecule has 2 unspecified atom stereocenters. The van der Waals surface area contributed by atoms with Crippen molar-refractivity contribution in [3.63, 3.8) is 0 Å². The summed E-state index contributed by atoms with van der Waals surface area (Å²) in [6.07, 6.45) is 1.35. The molecular formula is C15H19ClN2O2. The molecule has 2 atom stereocenters. The van der Waals surface area contributed by atoms with Crippen molar-refractivity contribution in [3.05, 3.63) is 34.9 Å². The highest BCUT2D eigenvalue weighted by molar-refractivity contribution is 6.30. The topological polar surface area (TPSA) is 49.4 Å². The fourth-order valence-electron chi connectivity index (χ4n) is 2.49. The first kappa shape index (κ1) is 14.9. The maximum atomic E-state index is 12.2. The molecule has 0 aliphatic carbocycles. The average molecular weight is 295 g/mol. The zero-order valence-corrected chi connectivity index (χ0v) is 12.5. The molecule has 108 valence electrons. The number of nitrogens with one attached hydrogen (secondary N) is 1. The van der Waals surface area contributed by atoms with Gasteiger partial charge in [0, 0.05) is 11.6 Å². The lowest BCUT2D eigenvalue weighted by Gasteiger charge is -2.37. The van der Waals surface area contributed by atoms with Crippen LogP contribution < -0.4 is 5.32 Å². The lowest BCUT2D eigenvalue weighted by atomic mass is 10.0. The van der Waals surface area contributed by atoms with Crippen LogP contribution in [0.4, 0.5) is 0 Å². The molecule has 2 amide bonds. The Morgan fingerprint density at radius 2 is 1.90 bits per heavy atom. The second-order valence-electron chi connectivity index (χ2n) is 5.06. The van der Waals surface area contributed by atoms with Crippen molar-refractivity contribution in [2.75, 3.05) is 6.54 Å². The van der Waals surface area contributed by atoms with Gasteiger partial charge in [-0.05, 0) is 37.5 Å². The molecule has 0 radical (unpaired) electrons. The summed E-state index contributed by atoms with van der Waals surface area (Å²) in [4.78, 5) is 25.8. The number of benzene rings is 1. The average Bonchev–Trinajstić information content (AvgIpc) is 2.43. The highest BCUT2D eigenvalue weighted by Gasteiger charge is 2.36. The molecule has 1 aromatic rings. The molecule has 20 heavy (non-hydrogen) atoms. The normalized spacial score (nSPS) is 22.9. The van der Waals surface area contributed by atoms with Crippen LogP contribution >= 0.6 is 11.6 Å². The van der Waals surface area contributed by atoms with Crippen LogP contribution in [-0.2, 0) is 16.0 Å². The van der Waals surface area contributed by atoms with E-state index in [1.54, 1.807) is 11.8 Å². The van der Waals surface area contributed by atoms with Gasteiger partial charge in [-0.1, -0.05) is 30.7 Å². The summed E-state index contributed by atoms with van der Waals surface area (Å²) in [5.41, 5.74) is 1.11. The highest BCUT2D eigenvalue weighted by atomic mass is 35.5. The molecule has 0 spiro atoms. The van der Waals surface area contributed by atoms with Gasteiger partial charge in [-0.3, -0.25) is 9.59 Å². The Morgan fingerprint density at radius 3 is 2.50 bits per heavy atom. The van der Waals surface area contributed by atoms with Crippen molar-refractivity contribution in [2.45, 2.75) is 38.8 Å². The van der Waals surface area contributed by atoms with Crippen LogP contribution in [0.15, 0.2) is 24.3 Å². The maximum Gasteiger partial charge on any atom is 0.245 e. The Labute approximate surface area is 124 Å². The van der Waals surface area contributed by atoms with Gasteiger partial charge in [0.05, 0.1) is 0 Å². The number of piperazine rings is 1. The first-order valence-corrected chi connectivity index (χ1v) is 7.26. The Balaban J connectivity index is 2.06. The second kappa shape index (κ2) is 6.27. The van der Waals surface area contributed by atoms with Crippen LogP contribution in [0, 0.1) is 0 Å². The zero-order chi connectivity index (χ0) is 14.7. The van der Waals surface area contributed by atoms with Crippen LogP contribution in [-0.4, -0.2) is 35.3 Å². The van der Waals surface area contributed by atoms with Gasteiger partial charge >= 0.3 is 0 Å². The summed E-state index contributed by atoms with van der Waals surface area (Å²) in [5, 5.41) is 3.41.